The highest BCUT2D eigenvalue weighted by Gasteiger charge is 2.29. The van der Waals surface area contributed by atoms with Gasteiger partial charge in [-0.1, -0.05) is 26.0 Å². The Bertz CT molecular complexity index is 872. The van der Waals surface area contributed by atoms with E-state index < -0.39 is 25.8 Å². The summed E-state index contributed by atoms with van der Waals surface area (Å²) >= 11 is 0. The summed E-state index contributed by atoms with van der Waals surface area (Å²) in [5.41, 5.74) is 6.07. The van der Waals surface area contributed by atoms with Crippen LogP contribution >= 0.6 is 0 Å². The van der Waals surface area contributed by atoms with Gasteiger partial charge in [-0.2, -0.15) is 4.31 Å². The van der Waals surface area contributed by atoms with Gasteiger partial charge in [0.05, 0.1) is 16.4 Å². The average Bonchev–Trinajstić information content (AvgIpc) is 2.65. The predicted octanol–water partition coefficient (Wildman–Crippen LogP) is 0.407. The molecular weight excluding hydrogens is 402 g/mol. The van der Waals surface area contributed by atoms with Crippen molar-refractivity contribution in [3.8, 4) is 0 Å². The average molecular weight is 432 g/mol. The number of benzene rings is 1. The van der Waals surface area contributed by atoms with Crippen LogP contribution in [0, 0.1) is 0 Å². The Morgan fingerprint density at radius 2 is 1.57 bits per heavy atom. The quantitative estimate of drug-likeness (QED) is 0.605. The van der Waals surface area contributed by atoms with Gasteiger partial charge in [0.15, 0.2) is 9.84 Å². The fourth-order valence-corrected chi connectivity index (χ4v) is 5.67. The molecule has 0 bridgehead atoms. The van der Waals surface area contributed by atoms with Gasteiger partial charge in [0, 0.05) is 39.1 Å². The highest BCUT2D eigenvalue weighted by Crippen LogP contribution is 2.21. The summed E-state index contributed by atoms with van der Waals surface area (Å²) in [6, 6.07) is 6.96. The number of rotatable bonds is 9. The number of primary amides is 1. The Morgan fingerprint density at radius 1 is 1.00 bits per heavy atom. The largest absolute Gasteiger partial charge is 0.370 e. The van der Waals surface area contributed by atoms with Gasteiger partial charge in [0.25, 0.3) is 0 Å². The Balaban J connectivity index is 1.89. The second kappa shape index (κ2) is 9.34. The number of sulfone groups is 1. The molecule has 2 rings (SSSR count). The lowest BCUT2D eigenvalue weighted by Gasteiger charge is -2.33. The van der Waals surface area contributed by atoms with E-state index in [1.54, 1.807) is 12.1 Å². The van der Waals surface area contributed by atoms with Crippen molar-refractivity contribution in [2.75, 3.05) is 44.2 Å². The van der Waals surface area contributed by atoms with Gasteiger partial charge in [0.1, 0.15) is 0 Å². The Hall–Kier alpha value is -1.49. The Morgan fingerprint density at radius 3 is 2.07 bits per heavy atom. The van der Waals surface area contributed by atoms with Crippen LogP contribution in [-0.4, -0.2) is 76.2 Å². The second-order valence-electron chi connectivity index (χ2n) is 7.34. The normalized spacial score (nSPS) is 17.1. The lowest BCUT2D eigenvalue weighted by atomic mass is 10.0. The topological polar surface area (TPSA) is 118 Å². The smallest absolute Gasteiger partial charge is 0.243 e. The number of piperazine rings is 1. The van der Waals surface area contributed by atoms with E-state index in [2.05, 4.69) is 13.8 Å². The molecule has 0 aromatic heterocycles. The van der Waals surface area contributed by atoms with Crippen molar-refractivity contribution < 1.29 is 21.6 Å². The monoisotopic (exact) mass is 431 g/mol. The summed E-state index contributed by atoms with van der Waals surface area (Å²) < 4.78 is 50.9. The molecular formula is C18H29N3O5S2. The van der Waals surface area contributed by atoms with Gasteiger partial charge >= 0.3 is 0 Å². The third-order valence-electron chi connectivity index (χ3n) is 4.89. The number of hydrogen-bond donors (Lipinski definition) is 1. The van der Waals surface area contributed by atoms with Gasteiger partial charge in [-0.25, -0.2) is 16.8 Å². The number of amides is 1. The summed E-state index contributed by atoms with van der Waals surface area (Å²) in [4.78, 5) is 12.9. The molecule has 8 nitrogen and oxygen atoms in total. The molecule has 1 aliphatic rings. The maximum absolute atomic E-state index is 12.8. The third-order valence-corrected chi connectivity index (χ3v) is 8.44. The summed E-state index contributed by atoms with van der Waals surface area (Å²) in [5.74, 6) is -0.615. The standard InChI is InChI=1S/C18H29N3O5S2/c1-15(2)16-3-5-17(6-4-16)28(25,26)21-10-8-20(9-11-21)12-14-27(23,24)13-7-18(19)22/h3-6,15H,7-14H2,1-2H3,(H2,19,22). The SMILES string of the molecule is CC(C)c1ccc(S(=O)(=O)N2CCN(CCS(=O)(=O)CCC(N)=O)CC2)cc1. The molecule has 1 saturated heterocycles. The molecule has 10 heteroatoms. The van der Waals surface area contributed by atoms with Crippen LogP contribution in [0.25, 0.3) is 0 Å². The predicted molar refractivity (Wildman–Crippen MR) is 108 cm³/mol. The van der Waals surface area contributed by atoms with Gasteiger partial charge in [0.2, 0.25) is 15.9 Å². The Labute approximate surface area is 167 Å². The van der Waals surface area contributed by atoms with E-state index in [1.807, 2.05) is 17.0 Å². The van der Waals surface area contributed by atoms with Gasteiger partial charge < -0.3 is 5.73 Å². The number of hydrogen-bond acceptors (Lipinski definition) is 6. The van der Waals surface area contributed by atoms with Crippen molar-refractivity contribution in [2.24, 2.45) is 5.73 Å². The fourth-order valence-electron chi connectivity index (χ4n) is 2.99. The Kier molecular flexibility index (Phi) is 7.60. The number of sulfonamides is 1. The molecule has 0 atom stereocenters. The molecule has 28 heavy (non-hydrogen) atoms. The number of nitrogens with zero attached hydrogens (tertiary/aromatic N) is 2. The number of nitrogens with two attached hydrogens (primary N) is 1. The maximum atomic E-state index is 12.8. The van der Waals surface area contributed by atoms with Crippen molar-refractivity contribution in [1.82, 2.24) is 9.21 Å². The van der Waals surface area contributed by atoms with Crippen LogP contribution < -0.4 is 5.73 Å². The van der Waals surface area contributed by atoms with Crippen LogP contribution in [0.15, 0.2) is 29.2 Å². The molecule has 0 aliphatic carbocycles. The molecule has 158 valence electrons. The van der Waals surface area contributed by atoms with Crippen LogP contribution in [0.5, 0.6) is 0 Å². The first-order valence-electron chi connectivity index (χ1n) is 9.32. The van der Waals surface area contributed by atoms with Crippen molar-refractivity contribution in [3.05, 3.63) is 29.8 Å². The van der Waals surface area contributed by atoms with E-state index in [1.165, 1.54) is 4.31 Å². The minimum atomic E-state index is -3.55. The van der Waals surface area contributed by atoms with E-state index in [-0.39, 0.29) is 22.8 Å². The second-order valence-corrected chi connectivity index (χ2v) is 11.6. The van der Waals surface area contributed by atoms with Crippen LogP contribution in [0.1, 0.15) is 31.7 Å². The van der Waals surface area contributed by atoms with Gasteiger partial charge in [-0.15, -0.1) is 0 Å². The van der Waals surface area contributed by atoms with E-state index in [4.69, 9.17) is 5.73 Å². The molecule has 0 unspecified atom stereocenters. The molecule has 0 spiro atoms. The first-order valence-corrected chi connectivity index (χ1v) is 12.6. The van der Waals surface area contributed by atoms with Crippen LogP contribution in [0.3, 0.4) is 0 Å². The summed E-state index contributed by atoms with van der Waals surface area (Å²) in [5, 5.41) is 0. The summed E-state index contributed by atoms with van der Waals surface area (Å²) in [6.45, 7) is 5.99. The molecule has 1 fully saturated rings. The zero-order valence-corrected chi connectivity index (χ0v) is 18.0. The maximum Gasteiger partial charge on any atom is 0.243 e. The summed E-state index contributed by atoms with van der Waals surface area (Å²) in [6.07, 6.45) is -0.177. The molecule has 1 heterocycles. The number of carbonyl (C=O) groups is 1. The van der Waals surface area contributed by atoms with Crippen molar-refractivity contribution in [1.29, 1.82) is 0 Å². The third kappa shape index (κ3) is 6.26. The van der Waals surface area contributed by atoms with Crippen LogP contribution in [-0.2, 0) is 24.7 Å². The lowest BCUT2D eigenvalue weighted by molar-refractivity contribution is -0.117. The van der Waals surface area contributed by atoms with Gasteiger partial charge in [-0.05, 0) is 23.6 Å². The van der Waals surface area contributed by atoms with Crippen molar-refractivity contribution in [2.45, 2.75) is 31.1 Å². The van der Waals surface area contributed by atoms with Gasteiger partial charge in [-0.3, -0.25) is 9.69 Å². The van der Waals surface area contributed by atoms with E-state index >= 15 is 0 Å². The zero-order valence-electron chi connectivity index (χ0n) is 16.4. The first-order chi connectivity index (χ1) is 13.0. The minimum absolute atomic E-state index is 0.0658. The molecule has 0 radical (unpaired) electrons. The molecule has 1 aliphatic heterocycles. The van der Waals surface area contributed by atoms with E-state index in [0.29, 0.717) is 38.6 Å². The van der Waals surface area contributed by atoms with E-state index in [9.17, 15) is 21.6 Å². The van der Waals surface area contributed by atoms with Crippen molar-refractivity contribution >= 4 is 25.8 Å². The molecule has 1 aromatic rings. The first kappa shape index (κ1) is 22.8. The molecule has 0 saturated carbocycles. The fraction of sp³-hybridized carbons (Fsp3) is 0.611. The van der Waals surface area contributed by atoms with E-state index in [0.717, 1.165) is 5.56 Å². The molecule has 2 N–H and O–H groups in total. The highest BCUT2D eigenvalue weighted by molar-refractivity contribution is 7.91. The number of carbonyl (C=O) groups excluding carboxylic acids is 1. The zero-order chi connectivity index (χ0) is 20.9. The minimum Gasteiger partial charge on any atom is -0.370 e. The summed E-state index contributed by atoms with van der Waals surface area (Å²) in [7, 11) is -6.90. The van der Waals surface area contributed by atoms with Crippen molar-refractivity contribution in [3.63, 3.8) is 0 Å². The molecule has 1 amide bonds. The highest BCUT2D eigenvalue weighted by atomic mass is 32.2. The van der Waals surface area contributed by atoms with Crippen LogP contribution in [0.2, 0.25) is 0 Å². The lowest BCUT2D eigenvalue weighted by Crippen LogP contribution is -2.49. The molecule has 1 aromatic carbocycles. The van der Waals surface area contributed by atoms with Crippen LogP contribution in [0.4, 0.5) is 0 Å².